The van der Waals surface area contributed by atoms with Gasteiger partial charge in [-0.05, 0) is 12.8 Å². The highest BCUT2D eigenvalue weighted by Crippen LogP contribution is 1.98. The molecule has 16 heavy (non-hydrogen) atoms. The third kappa shape index (κ3) is 38.9. The van der Waals surface area contributed by atoms with E-state index in [1.165, 1.54) is 0 Å². The highest BCUT2D eigenvalue weighted by molar-refractivity contribution is 5.67. The second-order valence-electron chi connectivity index (χ2n) is 2.44. The Hall–Kier alpha value is -1.40. The first kappa shape index (κ1) is 20.1. The molecule has 6 nitrogen and oxygen atoms in total. The summed E-state index contributed by atoms with van der Waals surface area (Å²) in [6, 6.07) is 0. The summed E-state index contributed by atoms with van der Waals surface area (Å²) in [4.78, 5) is 19.8. The van der Waals surface area contributed by atoms with Gasteiger partial charge in [0.15, 0.2) is 0 Å². The normalized spacial score (nSPS) is 7.88. The number of aliphatic hydroxyl groups is 2. The summed E-state index contributed by atoms with van der Waals surface area (Å²) in [5, 5.41) is 31.5. The van der Waals surface area contributed by atoms with Gasteiger partial charge in [-0.1, -0.05) is 0 Å². The van der Waals surface area contributed by atoms with Crippen molar-refractivity contribution in [3.63, 3.8) is 0 Å². The molecule has 0 aromatic heterocycles. The molecule has 0 unspecified atom stereocenters. The van der Waals surface area contributed by atoms with Gasteiger partial charge in [-0.3, -0.25) is 9.59 Å². The van der Waals surface area contributed by atoms with Crippen molar-refractivity contribution in [2.45, 2.75) is 25.7 Å². The smallest absolute Gasteiger partial charge is 0.303 e. The van der Waals surface area contributed by atoms with E-state index in [4.69, 9.17) is 20.4 Å². The van der Waals surface area contributed by atoms with Crippen LogP contribution in [0.15, 0.2) is 13.2 Å². The zero-order valence-corrected chi connectivity index (χ0v) is 9.26. The van der Waals surface area contributed by atoms with Crippen LogP contribution in [0.3, 0.4) is 0 Å². The molecule has 0 radical (unpaired) electrons. The average Bonchev–Trinajstić information content (AvgIpc) is 2.27. The summed E-state index contributed by atoms with van der Waals surface area (Å²) in [6.07, 6.45) is 1.02. The van der Waals surface area contributed by atoms with E-state index in [2.05, 4.69) is 13.2 Å². The first-order valence-electron chi connectivity index (χ1n) is 4.70. The molecular formula is C10H20O6. The third-order valence-corrected chi connectivity index (χ3v) is 1.13. The summed E-state index contributed by atoms with van der Waals surface area (Å²) in [5.41, 5.74) is 0. The zero-order chi connectivity index (χ0) is 13.4. The number of hydrogen-bond acceptors (Lipinski definition) is 4. The fourth-order valence-corrected chi connectivity index (χ4v) is 0.552. The SMILES string of the molecule is C=C.O=C(O)CCCCC(=O)O.OCCO. The molecule has 0 aromatic rings. The highest BCUT2D eigenvalue weighted by atomic mass is 16.4. The van der Waals surface area contributed by atoms with Gasteiger partial charge in [0.25, 0.3) is 0 Å². The molecular weight excluding hydrogens is 216 g/mol. The van der Waals surface area contributed by atoms with Gasteiger partial charge in [0, 0.05) is 12.8 Å². The first-order valence-corrected chi connectivity index (χ1v) is 4.70. The molecule has 4 N–H and O–H groups in total. The molecule has 0 aliphatic carbocycles. The van der Waals surface area contributed by atoms with E-state index < -0.39 is 11.9 Å². The molecule has 0 aliphatic rings. The fourth-order valence-electron chi connectivity index (χ4n) is 0.552. The number of aliphatic carboxylic acids is 2. The Labute approximate surface area is 94.8 Å². The van der Waals surface area contributed by atoms with Crippen molar-refractivity contribution < 1.29 is 30.0 Å². The Bertz CT molecular complexity index is 151. The third-order valence-electron chi connectivity index (χ3n) is 1.13. The number of aliphatic hydroxyl groups excluding tert-OH is 2. The quantitative estimate of drug-likeness (QED) is 0.394. The second kappa shape index (κ2) is 19.2. The molecule has 0 atom stereocenters. The van der Waals surface area contributed by atoms with Crippen LogP contribution in [0, 0.1) is 0 Å². The largest absolute Gasteiger partial charge is 0.481 e. The van der Waals surface area contributed by atoms with Gasteiger partial charge in [-0.2, -0.15) is 0 Å². The molecule has 0 bridgehead atoms. The summed E-state index contributed by atoms with van der Waals surface area (Å²) in [5.74, 6) is -1.74. The minimum atomic E-state index is -0.870. The van der Waals surface area contributed by atoms with Gasteiger partial charge in [-0.25, -0.2) is 0 Å². The lowest BCUT2D eigenvalue weighted by Gasteiger charge is -1.92. The Morgan fingerprint density at radius 2 is 1.06 bits per heavy atom. The summed E-state index contributed by atoms with van der Waals surface area (Å²) >= 11 is 0. The van der Waals surface area contributed by atoms with E-state index in [1.807, 2.05) is 0 Å². The average molecular weight is 236 g/mol. The molecule has 0 spiro atoms. The minimum Gasteiger partial charge on any atom is -0.481 e. The molecule has 0 aromatic carbocycles. The molecule has 96 valence electrons. The van der Waals surface area contributed by atoms with Crippen LogP contribution in [0.4, 0.5) is 0 Å². The summed E-state index contributed by atoms with van der Waals surface area (Å²) in [7, 11) is 0. The van der Waals surface area contributed by atoms with Gasteiger partial charge in [0.1, 0.15) is 0 Å². The molecule has 0 heterocycles. The van der Waals surface area contributed by atoms with Crippen LogP contribution in [0.5, 0.6) is 0 Å². The number of rotatable bonds is 6. The van der Waals surface area contributed by atoms with Gasteiger partial charge in [0.05, 0.1) is 13.2 Å². The van der Waals surface area contributed by atoms with E-state index in [-0.39, 0.29) is 26.1 Å². The predicted octanol–water partition coefficient (Wildman–Crippen LogP) is 0.489. The maximum Gasteiger partial charge on any atom is 0.303 e. The Kier molecular flexibility index (Phi) is 24.1. The molecule has 0 rings (SSSR count). The summed E-state index contributed by atoms with van der Waals surface area (Å²) < 4.78 is 0. The van der Waals surface area contributed by atoms with Crippen LogP contribution in [0.25, 0.3) is 0 Å². The number of carbonyl (C=O) groups is 2. The molecule has 0 aliphatic heterocycles. The van der Waals surface area contributed by atoms with Crippen molar-refractivity contribution in [2.24, 2.45) is 0 Å². The number of carboxylic acids is 2. The van der Waals surface area contributed by atoms with E-state index in [0.717, 1.165) is 0 Å². The highest BCUT2D eigenvalue weighted by Gasteiger charge is 1.99. The Morgan fingerprint density at radius 1 is 0.812 bits per heavy atom. The van der Waals surface area contributed by atoms with Crippen LogP contribution >= 0.6 is 0 Å². The van der Waals surface area contributed by atoms with Crippen molar-refractivity contribution in [1.82, 2.24) is 0 Å². The van der Waals surface area contributed by atoms with Crippen molar-refractivity contribution in [1.29, 1.82) is 0 Å². The molecule has 6 heteroatoms. The number of carboxylic acid groups (broad SMARTS) is 2. The fraction of sp³-hybridized carbons (Fsp3) is 0.600. The summed E-state index contributed by atoms with van der Waals surface area (Å²) in [6.45, 7) is 5.75. The molecule has 0 fully saturated rings. The van der Waals surface area contributed by atoms with Crippen LogP contribution in [-0.2, 0) is 9.59 Å². The molecule has 0 amide bonds. The van der Waals surface area contributed by atoms with Crippen LogP contribution in [0.1, 0.15) is 25.7 Å². The van der Waals surface area contributed by atoms with Gasteiger partial charge >= 0.3 is 11.9 Å². The monoisotopic (exact) mass is 236 g/mol. The van der Waals surface area contributed by atoms with Crippen LogP contribution in [-0.4, -0.2) is 45.6 Å². The first-order chi connectivity index (χ1) is 7.54. The maximum atomic E-state index is 9.90. The lowest BCUT2D eigenvalue weighted by Crippen LogP contribution is -1.97. The van der Waals surface area contributed by atoms with Crippen LogP contribution < -0.4 is 0 Å². The lowest BCUT2D eigenvalue weighted by molar-refractivity contribution is -0.139. The minimum absolute atomic E-state index is 0.0628. The van der Waals surface area contributed by atoms with Crippen LogP contribution in [0.2, 0.25) is 0 Å². The predicted molar refractivity (Wildman–Crippen MR) is 59.2 cm³/mol. The standard InChI is InChI=1S/C6H10O4.C2H6O2.C2H4/c7-5(8)3-1-2-4-6(9)10;3-1-2-4;1-2/h1-4H2,(H,7,8)(H,9,10);3-4H,1-2H2;1-2H2. The van der Waals surface area contributed by atoms with E-state index >= 15 is 0 Å². The van der Waals surface area contributed by atoms with Crippen molar-refractivity contribution >= 4 is 11.9 Å². The van der Waals surface area contributed by atoms with Gasteiger partial charge < -0.3 is 20.4 Å². The van der Waals surface area contributed by atoms with Gasteiger partial charge in [-0.15, -0.1) is 13.2 Å². The zero-order valence-electron chi connectivity index (χ0n) is 9.26. The van der Waals surface area contributed by atoms with Gasteiger partial charge in [0.2, 0.25) is 0 Å². The van der Waals surface area contributed by atoms with E-state index in [1.54, 1.807) is 0 Å². The van der Waals surface area contributed by atoms with Crippen molar-refractivity contribution in [3.05, 3.63) is 13.2 Å². The number of hydrogen-bond donors (Lipinski definition) is 4. The maximum absolute atomic E-state index is 9.90. The Morgan fingerprint density at radius 3 is 1.19 bits per heavy atom. The Balaban J connectivity index is -0.000000237. The van der Waals surface area contributed by atoms with E-state index in [9.17, 15) is 9.59 Å². The van der Waals surface area contributed by atoms with Crippen molar-refractivity contribution in [2.75, 3.05) is 13.2 Å². The number of unbranched alkanes of at least 4 members (excludes halogenated alkanes) is 1. The topological polar surface area (TPSA) is 115 Å². The van der Waals surface area contributed by atoms with Crippen molar-refractivity contribution in [3.8, 4) is 0 Å². The lowest BCUT2D eigenvalue weighted by atomic mass is 10.2. The van der Waals surface area contributed by atoms with E-state index in [0.29, 0.717) is 12.8 Å². The second-order valence-corrected chi connectivity index (χ2v) is 2.44. The molecule has 0 saturated heterocycles. The molecule has 0 saturated carbocycles.